The molecule has 3 heteroatoms. The number of aromatic nitrogens is 2. The number of hydrogen-bond acceptors (Lipinski definition) is 2. The van der Waals surface area contributed by atoms with E-state index in [2.05, 4.69) is 25.0 Å². The first-order chi connectivity index (χ1) is 7.17. The van der Waals surface area contributed by atoms with Crippen LogP contribution in [0.15, 0.2) is 6.07 Å². The molecule has 1 rings (SSSR count). The summed E-state index contributed by atoms with van der Waals surface area (Å²) in [6.07, 6.45) is 3.57. The number of rotatable bonds is 6. The Morgan fingerprint density at radius 3 is 2.73 bits per heavy atom. The molecule has 0 aliphatic carbocycles. The number of aryl methyl sites for hydroxylation is 3. The largest absolute Gasteiger partial charge is 0.393 e. The summed E-state index contributed by atoms with van der Waals surface area (Å²) in [5.74, 6) is 0. The molecule has 1 heterocycles. The Kier molecular flexibility index (Phi) is 4.82. The van der Waals surface area contributed by atoms with Gasteiger partial charge in [-0.25, -0.2) is 0 Å². The molecule has 0 aliphatic heterocycles. The minimum atomic E-state index is -0.157. The highest BCUT2D eigenvalue weighted by Crippen LogP contribution is 2.10. The molecule has 0 radical (unpaired) electrons. The minimum Gasteiger partial charge on any atom is -0.393 e. The van der Waals surface area contributed by atoms with Crippen molar-refractivity contribution < 1.29 is 5.11 Å². The monoisotopic (exact) mass is 210 g/mol. The summed E-state index contributed by atoms with van der Waals surface area (Å²) >= 11 is 0. The number of aliphatic hydroxyl groups excluding tert-OH is 1. The summed E-state index contributed by atoms with van der Waals surface area (Å²) < 4.78 is 2.02. The van der Waals surface area contributed by atoms with Crippen molar-refractivity contribution in [2.24, 2.45) is 0 Å². The third-order valence-corrected chi connectivity index (χ3v) is 2.64. The van der Waals surface area contributed by atoms with E-state index in [4.69, 9.17) is 0 Å². The van der Waals surface area contributed by atoms with Gasteiger partial charge in [-0.15, -0.1) is 0 Å². The minimum absolute atomic E-state index is 0.157. The first kappa shape index (κ1) is 12.2. The molecule has 0 saturated heterocycles. The normalized spacial score (nSPS) is 13.1. The van der Waals surface area contributed by atoms with E-state index in [0.29, 0.717) is 0 Å². The van der Waals surface area contributed by atoms with Gasteiger partial charge in [0.1, 0.15) is 0 Å². The van der Waals surface area contributed by atoms with Crippen LogP contribution in [0.5, 0.6) is 0 Å². The maximum Gasteiger partial charge on any atom is 0.0596 e. The second-order valence-electron chi connectivity index (χ2n) is 4.07. The third-order valence-electron chi connectivity index (χ3n) is 2.64. The van der Waals surface area contributed by atoms with E-state index in [1.807, 2.05) is 11.6 Å². The van der Waals surface area contributed by atoms with Gasteiger partial charge >= 0.3 is 0 Å². The molecule has 1 N–H and O–H groups in total. The van der Waals surface area contributed by atoms with Gasteiger partial charge in [0.25, 0.3) is 0 Å². The molecule has 0 aromatic carbocycles. The molecule has 0 amide bonds. The van der Waals surface area contributed by atoms with Gasteiger partial charge in [-0.2, -0.15) is 5.10 Å². The van der Waals surface area contributed by atoms with Crippen molar-refractivity contribution in [1.29, 1.82) is 0 Å². The van der Waals surface area contributed by atoms with Crippen LogP contribution >= 0.6 is 0 Å². The molecule has 3 nitrogen and oxygen atoms in total. The molecule has 15 heavy (non-hydrogen) atoms. The second kappa shape index (κ2) is 5.91. The molecular formula is C12H22N2O. The highest BCUT2D eigenvalue weighted by atomic mass is 16.3. The zero-order chi connectivity index (χ0) is 11.3. The lowest BCUT2D eigenvalue weighted by Gasteiger charge is -2.09. The van der Waals surface area contributed by atoms with Gasteiger partial charge in [-0.05, 0) is 39.2 Å². The topological polar surface area (TPSA) is 38.1 Å². The summed E-state index contributed by atoms with van der Waals surface area (Å²) in [5.41, 5.74) is 2.31. The Balaban J connectivity index is 2.49. The van der Waals surface area contributed by atoms with Crippen LogP contribution < -0.4 is 0 Å². The first-order valence-electron chi connectivity index (χ1n) is 5.88. The van der Waals surface area contributed by atoms with Gasteiger partial charge in [-0.1, -0.05) is 13.3 Å². The van der Waals surface area contributed by atoms with E-state index in [9.17, 15) is 5.11 Å². The Morgan fingerprint density at radius 2 is 2.13 bits per heavy atom. The van der Waals surface area contributed by atoms with Crippen LogP contribution in [-0.2, 0) is 13.0 Å². The summed E-state index contributed by atoms with van der Waals surface area (Å²) in [7, 11) is 0. The van der Waals surface area contributed by atoms with Crippen LogP contribution in [-0.4, -0.2) is 21.0 Å². The summed E-state index contributed by atoms with van der Waals surface area (Å²) in [5, 5.41) is 14.0. The molecule has 0 saturated carbocycles. The fourth-order valence-electron chi connectivity index (χ4n) is 1.87. The average molecular weight is 210 g/mol. The first-order valence-corrected chi connectivity index (χ1v) is 5.88. The Hall–Kier alpha value is -0.830. The van der Waals surface area contributed by atoms with Crippen LogP contribution in [0.3, 0.4) is 0 Å². The van der Waals surface area contributed by atoms with Gasteiger partial charge in [0.05, 0.1) is 11.8 Å². The van der Waals surface area contributed by atoms with Crippen molar-refractivity contribution in [2.75, 3.05) is 0 Å². The fraction of sp³-hybridized carbons (Fsp3) is 0.750. The van der Waals surface area contributed by atoms with Crippen LogP contribution in [0.1, 0.15) is 44.5 Å². The molecule has 86 valence electrons. The van der Waals surface area contributed by atoms with Crippen LogP contribution in [0, 0.1) is 6.92 Å². The smallest absolute Gasteiger partial charge is 0.0596 e. The van der Waals surface area contributed by atoms with E-state index in [-0.39, 0.29) is 6.10 Å². The fourth-order valence-corrected chi connectivity index (χ4v) is 1.87. The van der Waals surface area contributed by atoms with Crippen molar-refractivity contribution in [2.45, 2.75) is 59.1 Å². The number of nitrogens with zero attached hydrogens (tertiary/aromatic N) is 2. The average Bonchev–Trinajstić information content (AvgIpc) is 2.56. The predicted octanol–water partition coefficient (Wildman–Crippen LogP) is 2.31. The van der Waals surface area contributed by atoms with Gasteiger partial charge < -0.3 is 5.11 Å². The van der Waals surface area contributed by atoms with E-state index in [0.717, 1.165) is 37.9 Å². The molecule has 0 fully saturated rings. The van der Waals surface area contributed by atoms with Crippen molar-refractivity contribution in [3.63, 3.8) is 0 Å². The van der Waals surface area contributed by atoms with Crippen LogP contribution in [0.2, 0.25) is 0 Å². The number of hydrogen-bond donors (Lipinski definition) is 1. The molecule has 1 atom stereocenters. The van der Waals surface area contributed by atoms with E-state index >= 15 is 0 Å². The van der Waals surface area contributed by atoms with Crippen molar-refractivity contribution in [1.82, 2.24) is 9.78 Å². The Morgan fingerprint density at radius 1 is 1.40 bits per heavy atom. The Labute approximate surface area is 92.1 Å². The van der Waals surface area contributed by atoms with Gasteiger partial charge in [0, 0.05) is 12.2 Å². The summed E-state index contributed by atoms with van der Waals surface area (Å²) in [6, 6.07) is 2.11. The van der Waals surface area contributed by atoms with Gasteiger partial charge in [0.15, 0.2) is 0 Å². The Bertz CT molecular complexity index is 294. The van der Waals surface area contributed by atoms with E-state index in [1.54, 1.807) is 0 Å². The summed E-state index contributed by atoms with van der Waals surface area (Å²) in [4.78, 5) is 0. The lowest BCUT2D eigenvalue weighted by atomic mass is 10.1. The third kappa shape index (κ3) is 3.67. The molecule has 1 aromatic heterocycles. The molecular weight excluding hydrogens is 188 g/mol. The standard InChI is InChI=1S/C12H22N2O/c1-4-6-12(15)8-7-11-9-10(3)13-14(11)5-2/h9,12,15H,4-8H2,1-3H3. The highest BCUT2D eigenvalue weighted by molar-refractivity contribution is 5.09. The van der Waals surface area contributed by atoms with Crippen molar-refractivity contribution >= 4 is 0 Å². The number of aliphatic hydroxyl groups is 1. The quantitative estimate of drug-likeness (QED) is 0.782. The molecule has 1 unspecified atom stereocenters. The van der Waals surface area contributed by atoms with E-state index < -0.39 is 0 Å². The summed E-state index contributed by atoms with van der Waals surface area (Å²) in [6.45, 7) is 7.12. The lowest BCUT2D eigenvalue weighted by molar-refractivity contribution is 0.153. The molecule has 0 aliphatic rings. The zero-order valence-electron chi connectivity index (χ0n) is 10.0. The predicted molar refractivity (Wildman–Crippen MR) is 61.9 cm³/mol. The molecule has 1 aromatic rings. The zero-order valence-corrected chi connectivity index (χ0v) is 10.0. The van der Waals surface area contributed by atoms with Crippen molar-refractivity contribution in [3.8, 4) is 0 Å². The van der Waals surface area contributed by atoms with Crippen LogP contribution in [0.25, 0.3) is 0 Å². The van der Waals surface area contributed by atoms with Crippen molar-refractivity contribution in [3.05, 3.63) is 17.5 Å². The van der Waals surface area contributed by atoms with Gasteiger partial charge in [0.2, 0.25) is 0 Å². The highest BCUT2D eigenvalue weighted by Gasteiger charge is 2.07. The van der Waals surface area contributed by atoms with E-state index in [1.165, 1.54) is 5.69 Å². The van der Waals surface area contributed by atoms with Crippen LogP contribution in [0.4, 0.5) is 0 Å². The molecule has 0 bridgehead atoms. The lowest BCUT2D eigenvalue weighted by Crippen LogP contribution is -2.10. The molecule has 0 spiro atoms. The van der Waals surface area contributed by atoms with Gasteiger partial charge in [-0.3, -0.25) is 4.68 Å². The maximum atomic E-state index is 9.65. The SMILES string of the molecule is CCCC(O)CCc1cc(C)nn1CC. The second-order valence-corrected chi connectivity index (χ2v) is 4.07. The maximum absolute atomic E-state index is 9.65.